The molecule has 0 aromatic heterocycles. The molecule has 0 aliphatic carbocycles. The van der Waals surface area contributed by atoms with Crippen LogP contribution in [0.5, 0.6) is 0 Å². The summed E-state index contributed by atoms with van der Waals surface area (Å²) >= 11 is 0. The quantitative estimate of drug-likeness (QED) is 0.277. The number of rotatable bonds is 1. The van der Waals surface area contributed by atoms with E-state index in [0.29, 0.717) is 0 Å². The largest absolute Gasteiger partial charge is 1.00 e. The first-order chi connectivity index (χ1) is 5.31. The van der Waals surface area contributed by atoms with Gasteiger partial charge in [0.05, 0.1) is 0 Å². The summed E-state index contributed by atoms with van der Waals surface area (Å²) in [5, 5.41) is 7.87. The van der Waals surface area contributed by atoms with E-state index in [4.69, 9.17) is 9.66 Å². The minimum absolute atomic E-state index is 0. The van der Waals surface area contributed by atoms with Crippen LogP contribution >= 0.6 is 0 Å². The molecule has 0 bridgehead atoms. The van der Waals surface area contributed by atoms with Crippen LogP contribution in [0.3, 0.4) is 0 Å². The molecule has 0 aliphatic rings. The van der Waals surface area contributed by atoms with E-state index >= 15 is 0 Å². The van der Waals surface area contributed by atoms with Crippen LogP contribution in [0.4, 0.5) is 0 Å². The Morgan fingerprint density at radius 3 is 1.93 bits per heavy atom. The van der Waals surface area contributed by atoms with Crippen LogP contribution in [-0.2, 0) is 24.2 Å². The van der Waals surface area contributed by atoms with Crippen LogP contribution in [0.1, 0.15) is 1.43 Å². The van der Waals surface area contributed by atoms with Crippen LogP contribution < -0.4 is 103 Å². The Kier molecular flexibility index (Phi) is 14.8. The van der Waals surface area contributed by atoms with Crippen molar-refractivity contribution in [2.45, 2.75) is 0 Å². The van der Waals surface area contributed by atoms with E-state index in [2.05, 4.69) is 4.18 Å². The Balaban J connectivity index is -0.000000202. The molecule has 66 valence electrons. The van der Waals surface area contributed by atoms with Gasteiger partial charge < -0.3 is 9.29 Å². The number of carbonyl (C=O) groups excluding carboxylic acids is 1. The van der Waals surface area contributed by atoms with Crippen LogP contribution in [0.25, 0.3) is 0 Å². The van der Waals surface area contributed by atoms with Crippen molar-refractivity contribution in [3.05, 3.63) is 0 Å². The molecule has 0 spiro atoms. The second-order valence-electron chi connectivity index (χ2n) is 1.35. The molecule has 0 atom stereocenters. The molecule has 0 rings (SSSR count). The number of aliphatic carboxylic acids is 1. The minimum Gasteiger partial charge on any atom is -0.472 e. The fourth-order valence-electron chi connectivity index (χ4n) is 0.221. The van der Waals surface area contributed by atoms with E-state index in [-0.39, 0.29) is 104 Å². The van der Waals surface area contributed by atoms with Crippen molar-refractivity contribution in [2.24, 2.45) is 0 Å². The first kappa shape index (κ1) is 21.0. The van der Waals surface area contributed by atoms with E-state index in [9.17, 15) is 18.0 Å². The van der Waals surface area contributed by atoms with Crippen molar-refractivity contribution in [1.82, 2.24) is 0 Å². The molecule has 0 saturated heterocycles. The Morgan fingerprint density at radius 1 is 1.21 bits per heavy atom. The van der Waals surface area contributed by atoms with Gasteiger partial charge in [-0.2, -0.15) is 8.42 Å². The average Bonchev–Trinajstić information content (AvgIpc) is 1.79. The third-order valence-corrected chi connectivity index (χ3v) is 0.814. The second-order valence-corrected chi connectivity index (χ2v) is 2.38. The van der Waals surface area contributed by atoms with Crippen LogP contribution in [0.15, 0.2) is 0 Å². The molecule has 0 aliphatic heterocycles. The molecular weight excluding hydrogens is 270 g/mol. The molecule has 0 aromatic rings. The normalized spacial score (nSPS) is 8.07. The second kappa shape index (κ2) is 9.88. The zero-order valence-corrected chi connectivity index (χ0v) is 14.4. The maximum Gasteiger partial charge on any atom is 1.00 e. The van der Waals surface area contributed by atoms with Crippen LogP contribution in [0.2, 0.25) is 0 Å². The molecular formula is C4H3K2O7S+3. The maximum absolute atomic E-state index is 10.2. The molecule has 0 heterocycles. The molecule has 14 heavy (non-hydrogen) atoms. The average molecular weight is 273 g/mol. The number of carbonyl (C=O) groups is 2. The van der Waals surface area contributed by atoms with Gasteiger partial charge in [-0.1, -0.05) is 0 Å². The van der Waals surface area contributed by atoms with Crippen molar-refractivity contribution in [3.8, 4) is 11.8 Å². The molecule has 0 fully saturated rings. The Hall–Kier alpha value is 1.68. The third kappa shape index (κ3) is 16.1. The summed E-state index contributed by atoms with van der Waals surface area (Å²) in [5.74, 6) is -0.716. The van der Waals surface area contributed by atoms with Gasteiger partial charge >= 0.3 is 127 Å². The molecule has 0 unspecified atom stereocenters. The van der Waals surface area contributed by atoms with Gasteiger partial charge in [0.25, 0.3) is 0 Å². The number of hydrogen-bond donors (Lipinski definition) is 2. The number of hydrogen-bond acceptors (Lipinski definition) is 5. The van der Waals surface area contributed by atoms with E-state index < -0.39 is 22.3 Å². The summed E-state index contributed by atoms with van der Waals surface area (Å²) in [4.78, 5) is 19.8. The predicted octanol–water partition coefficient (Wildman–Crippen LogP) is -7.46. The Morgan fingerprint density at radius 2 is 1.64 bits per heavy atom. The summed E-state index contributed by atoms with van der Waals surface area (Å²) in [7, 11) is -4.92. The van der Waals surface area contributed by atoms with E-state index in [1.165, 1.54) is 11.8 Å². The molecule has 0 amide bonds. The minimum atomic E-state index is -4.92. The molecule has 0 radical (unpaired) electrons. The Labute approximate surface area is 166 Å². The fraction of sp³-hybridized carbons (Fsp3) is 0. The fourth-order valence-corrected chi connectivity index (χ4v) is 0.454. The third-order valence-electron chi connectivity index (χ3n) is 0.452. The standard InChI is InChI=1S/C4H2O7S.2K/c5-3(6)1-2-4(7)11-12(8,9)10;;/h(H,5,6)(H,8,9,10);;/q;2*+1/p+1. The van der Waals surface area contributed by atoms with E-state index in [1.807, 2.05) is 0 Å². The van der Waals surface area contributed by atoms with Gasteiger partial charge in [-0.3, -0.25) is 4.55 Å². The van der Waals surface area contributed by atoms with Gasteiger partial charge in [0.2, 0.25) is 0 Å². The van der Waals surface area contributed by atoms with Crippen molar-refractivity contribution >= 4 is 22.3 Å². The summed E-state index contributed by atoms with van der Waals surface area (Å²) < 4.78 is 30.7. The van der Waals surface area contributed by atoms with Crippen LogP contribution in [-0.4, -0.2) is 30.0 Å². The summed E-state index contributed by atoms with van der Waals surface area (Å²) in [6.07, 6.45) is 0. The van der Waals surface area contributed by atoms with Crippen molar-refractivity contribution < 1.29 is 136 Å². The molecule has 0 aromatic carbocycles. The van der Waals surface area contributed by atoms with Gasteiger partial charge in [-0.25, -0.2) is 9.59 Å². The van der Waals surface area contributed by atoms with Gasteiger partial charge in [-0.05, 0) is 0 Å². The molecule has 2 N–H and O–H groups in total. The smallest absolute Gasteiger partial charge is 0.472 e. The Bertz CT molecular complexity index is 366. The first-order valence-corrected chi connectivity index (χ1v) is 3.63. The van der Waals surface area contributed by atoms with Gasteiger partial charge in [0.1, 0.15) is 0 Å². The van der Waals surface area contributed by atoms with E-state index in [1.54, 1.807) is 0 Å². The first-order valence-electron chi connectivity index (χ1n) is 2.27. The topological polar surface area (TPSA) is 118 Å². The summed E-state index contributed by atoms with van der Waals surface area (Å²) in [6, 6.07) is 0. The zero-order valence-electron chi connectivity index (χ0n) is 8.34. The van der Waals surface area contributed by atoms with E-state index in [0.717, 1.165) is 0 Å². The molecule has 10 heteroatoms. The van der Waals surface area contributed by atoms with Gasteiger partial charge in [-0.15, -0.1) is 0 Å². The monoisotopic (exact) mass is 273 g/mol. The van der Waals surface area contributed by atoms with Gasteiger partial charge in [0, 0.05) is 11.8 Å². The zero-order chi connectivity index (χ0) is 9.78. The summed E-state index contributed by atoms with van der Waals surface area (Å²) in [6.45, 7) is 0. The van der Waals surface area contributed by atoms with Crippen LogP contribution in [0, 0.1) is 11.8 Å². The molecule has 0 saturated carbocycles. The van der Waals surface area contributed by atoms with Crippen molar-refractivity contribution in [1.29, 1.82) is 0 Å². The number of carboxylic acid groups (broad SMARTS) is 1. The summed E-state index contributed by atoms with van der Waals surface area (Å²) in [5.41, 5.74) is 0. The SMILES string of the molecule is O=C(O)C#CC(=O)OS(=O)(=O)O.[H+].[K+].[K+]. The number of carboxylic acids is 1. The maximum atomic E-state index is 10.2. The van der Waals surface area contributed by atoms with Gasteiger partial charge in [0.15, 0.2) is 0 Å². The molecule has 7 nitrogen and oxygen atoms in total. The van der Waals surface area contributed by atoms with Crippen molar-refractivity contribution in [3.63, 3.8) is 0 Å². The van der Waals surface area contributed by atoms with Crippen molar-refractivity contribution in [2.75, 3.05) is 0 Å². The predicted molar refractivity (Wildman–Crippen MR) is 34.2 cm³/mol.